The van der Waals surface area contributed by atoms with Crippen LogP contribution < -0.4 is 10.6 Å². The summed E-state index contributed by atoms with van der Waals surface area (Å²) >= 11 is 2.45. The predicted octanol–water partition coefficient (Wildman–Crippen LogP) is 3.43. The van der Waals surface area contributed by atoms with Crippen LogP contribution in [-0.2, 0) is 4.74 Å². The van der Waals surface area contributed by atoms with E-state index in [9.17, 15) is 14.4 Å². The summed E-state index contributed by atoms with van der Waals surface area (Å²) in [4.78, 5) is 43.0. The molecule has 0 aliphatic carbocycles. The Morgan fingerprint density at radius 1 is 1.17 bits per heavy atom. The molecule has 10 heteroatoms. The molecule has 0 fully saturated rings. The molecule has 2 aromatic heterocycles. The standard InChI is InChI=1S/C19H20N4O4S2/c1-3-23(2)9-10-27-19(26)22-15(24)12-8-11-28-17(12)21-16(25)18-20-13-6-4-5-7-14(13)29-18/h4-8,11H,3,9-10H2,1-2H3,(H,21,25)(H,22,24,26). The van der Waals surface area contributed by atoms with E-state index in [1.165, 1.54) is 28.7 Å². The monoisotopic (exact) mass is 432 g/mol. The van der Waals surface area contributed by atoms with Gasteiger partial charge in [0.05, 0.1) is 15.8 Å². The lowest BCUT2D eigenvalue weighted by Crippen LogP contribution is -2.33. The van der Waals surface area contributed by atoms with E-state index in [4.69, 9.17) is 4.74 Å². The minimum absolute atomic E-state index is 0.175. The first-order valence-electron chi connectivity index (χ1n) is 8.89. The Morgan fingerprint density at radius 3 is 2.72 bits per heavy atom. The number of carbonyl (C=O) groups is 3. The molecule has 29 heavy (non-hydrogen) atoms. The molecule has 0 unspecified atom stereocenters. The highest BCUT2D eigenvalue weighted by Gasteiger charge is 2.20. The molecule has 2 heterocycles. The molecule has 3 amide bonds. The number of thiazole rings is 1. The van der Waals surface area contributed by atoms with Gasteiger partial charge in [-0.3, -0.25) is 14.9 Å². The zero-order valence-corrected chi connectivity index (χ0v) is 17.6. The number of likely N-dealkylation sites (N-methyl/N-ethyl adjacent to an activating group) is 1. The summed E-state index contributed by atoms with van der Waals surface area (Å²) in [7, 11) is 1.90. The van der Waals surface area contributed by atoms with Gasteiger partial charge in [0.15, 0.2) is 5.01 Å². The molecular weight excluding hydrogens is 412 g/mol. The summed E-state index contributed by atoms with van der Waals surface area (Å²) in [6.07, 6.45) is -0.825. The fourth-order valence-electron chi connectivity index (χ4n) is 2.36. The zero-order chi connectivity index (χ0) is 20.8. The Bertz CT molecular complexity index is 997. The molecule has 0 spiro atoms. The van der Waals surface area contributed by atoms with Crippen molar-refractivity contribution in [3.05, 3.63) is 46.3 Å². The molecule has 0 aliphatic heterocycles. The Morgan fingerprint density at radius 2 is 1.97 bits per heavy atom. The smallest absolute Gasteiger partial charge is 0.414 e. The van der Waals surface area contributed by atoms with Crippen molar-refractivity contribution in [3.8, 4) is 0 Å². The highest BCUT2D eigenvalue weighted by atomic mass is 32.1. The number of nitrogens with zero attached hydrogens (tertiary/aromatic N) is 2. The summed E-state index contributed by atoms with van der Waals surface area (Å²) in [5, 5.41) is 7.16. The van der Waals surface area contributed by atoms with E-state index in [0.717, 1.165) is 16.8 Å². The number of aromatic nitrogens is 1. The number of alkyl carbamates (subject to hydrolysis) is 1. The third-order valence-electron chi connectivity index (χ3n) is 4.09. The van der Waals surface area contributed by atoms with Crippen molar-refractivity contribution in [2.24, 2.45) is 0 Å². The van der Waals surface area contributed by atoms with Gasteiger partial charge >= 0.3 is 6.09 Å². The van der Waals surface area contributed by atoms with Gasteiger partial charge in [0.1, 0.15) is 11.6 Å². The van der Waals surface area contributed by atoms with E-state index in [1.54, 1.807) is 5.38 Å². The van der Waals surface area contributed by atoms with E-state index in [-0.39, 0.29) is 12.2 Å². The molecular formula is C19H20N4O4S2. The lowest BCUT2D eigenvalue weighted by Gasteiger charge is -2.13. The maximum absolute atomic E-state index is 12.5. The second-order valence-electron chi connectivity index (χ2n) is 6.09. The number of carbonyl (C=O) groups excluding carboxylic acids is 3. The minimum Gasteiger partial charge on any atom is -0.448 e. The normalized spacial score (nSPS) is 10.9. The van der Waals surface area contributed by atoms with E-state index in [2.05, 4.69) is 15.6 Å². The van der Waals surface area contributed by atoms with Crippen molar-refractivity contribution in [1.82, 2.24) is 15.2 Å². The van der Waals surface area contributed by atoms with Crippen molar-refractivity contribution in [2.45, 2.75) is 6.92 Å². The van der Waals surface area contributed by atoms with Crippen LogP contribution in [0.15, 0.2) is 35.7 Å². The number of nitrogens with one attached hydrogen (secondary N) is 2. The molecule has 0 aliphatic rings. The van der Waals surface area contributed by atoms with Crippen LogP contribution in [-0.4, -0.2) is 54.5 Å². The molecule has 3 rings (SSSR count). The first kappa shape index (κ1) is 20.9. The van der Waals surface area contributed by atoms with Gasteiger partial charge in [0, 0.05) is 6.54 Å². The highest BCUT2D eigenvalue weighted by molar-refractivity contribution is 7.20. The van der Waals surface area contributed by atoms with Crippen molar-refractivity contribution in [3.63, 3.8) is 0 Å². The predicted molar refractivity (Wildman–Crippen MR) is 114 cm³/mol. The molecule has 0 saturated carbocycles. The average molecular weight is 433 g/mol. The molecule has 0 radical (unpaired) electrons. The van der Waals surface area contributed by atoms with Crippen LogP contribution in [0.25, 0.3) is 10.2 Å². The van der Waals surface area contributed by atoms with E-state index in [0.29, 0.717) is 16.6 Å². The van der Waals surface area contributed by atoms with Crippen LogP contribution in [0.1, 0.15) is 27.1 Å². The van der Waals surface area contributed by atoms with Crippen molar-refractivity contribution in [1.29, 1.82) is 0 Å². The van der Waals surface area contributed by atoms with Gasteiger partial charge in [-0.25, -0.2) is 9.78 Å². The van der Waals surface area contributed by atoms with Gasteiger partial charge in [-0.05, 0) is 37.2 Å². The van der Waals surface area contributed by atoms with Crippen LogP contribution in [0.5, 0.6) is 0 Å². The number of anilines is 1. The van der Waals surface area contributed by atoms with Gasteiger partial charge in [-0.2, -0.15) is 0 Å². The molecule has 2 N–H and O–H groups in total. The number of hydrogen-bond acceptors (Lipinski definition) is 8. The highest BCUT2D eigenvalue weighted by Crippen LogP contribution is 2.26. The number of hydrogen-bond donors (Lipinski definition) is 2. The molecule has 3 aromatic rings. The largest absolute Gasteiger partial charge is 0.448 e. The SMILES string of the molecule is CCN(C)CCOC(=O)NC(=O)c1ccsc1NC(=O)c1nc2ccccc2s1. The summed E-state index contributed by atoms with van der Waals surface area (Å²) in [5.74, 6) is -1.05. The molecule has 0 saturated heterocycles. The van der Waals surface area contributed by atoms with Gasteiger partial charge in [0.2, 0.25) is 0 Å². The lowest BCUT2D eigenvalue weighted by molar-refractivity contribution is 0.0911. The average Bonchev–Trinajstić information content (AvgIpc) is 3.34. The number of para-hydroxylation sites is 1. The van der Waals surface area contributed by atoms with Crippen LogP contribution >= 0.6 is 22.7 Å². The quantitative estimate of drug-likeness (QED) is 0.593. The molecule has 0 bridgehead atoms. The van der Waals surface area contributed by atoms with Crippen molar-refractivity contribution < 1.29 is 19.1 Å². The van der Waals surface area contributed by atoms with Crippen molar-refractivity contribution >= 4 is 55.8 Å². The summed E-state index contributed by atoms with van der Waals surface area (Å²) in [5.41, 5.74) is 0.926. The number of amides is 3. The minimum atomic E-state index is -0.825. The number of fused-ring (bicyclic) bond motifs is 1. The van der Waals surface area contributed by atoms with Gasteiger partial charge < -0.3 is 15.0 Å². The van der Waals surface area contributed by atoms with Crippen LogP contribution in [0.3, 0.4) is 0 Å². The fourth-order valence-corrected chi connectivity index (χ4v) is 4.00. The summed E-state index contributed by atoms with van der Waals surface area (Å²) in [6.45, 7) is 3.56. The Labute approximate surface area is 175 Å². The van der Waals surface area contributed by atoms with Gasteiger partial charge in [-0.15, -0.1) is 22.7 Å². The van der Waals surface area contributed by atoms with Crippen LogP contribution in [0, 0.1) is 0 Å². The Kier molecular flexibility index (Phi) is 6.91. The van der Waals surface area contributed by atoms with Crippen molar-refractivity contribution in [2.75, 3.05) is 32.1 Å². The van der Waals surface area contributed by atoms with Crippen LogP contribution in [0.2, 0.25) is 0 Å². The number of imide groups is 1. The topological polar surface area (TPSA) is 101 Å². The summed E-state index contributed by atoms with van der Waals surface area (Å²) < 4.78 is 5.90. The maximum Gasteiger partial charge on any atom is 0.414 e. The van der Waals surface area contributed by atoms with Gasteiger partial charge in [-0.1, -0.05) is 19.1 Å². The fraction of sp³-hybridized carbons (Fsp3) is 0.263. The number of benzene rings is 1. The molecule has 0 atom stereocenters. The lowest BCUT2D eigenvalue weighted by atomic mass is 10.3. The second kappa shape index (κ2) is 9.59. The van der Waals surface area contributed by atoms with E-state index in [1.807, 2.05) is 43.1 Å². The zero-order valence-electron chi connectivity index (χ0n) is 15.9. The first-order chi connectivity index (χ1) is 14.0. The van der Waals surface area contributed by atoms with E-state index < -0.39 is 17.9 Å². The van der Waals surface area contributed by atoms with E-state index >= 15 is 0 Å². The first-order valence-corrected chi connectivity index (χ1v) is 10.6. The molecule has 8 nitrogen and oxygen atoms in total. The Balaban J connectivity index is 1.60. The van der Waals surface area contributed by atoms with Gasteiger partial charge in [0.25, 0.3) is 11.8 Å². The second-order valence-corrected chi connectivity index (χ2v) is 8.04. The number of thiophene rings is 1. The Hall–Kier alpha value is -2.82. The third kappa shape index (κ3) is 5.37. The summed E-state index contributed by atoms with van der Waals surface area (Å²) in [6, 6.07) is 8.98. The number of ether oxygens (including phenoxy) is 1. The molecule has 1 aromatic carbocycles. The maximum atomic E-state index is 12.5. The molecule has 152 valence electrons. The van der Waals surface area contributed by atoms with Crippen LogP contribution in [0.4, 0.5) is 9.80 Å². The third-order valence-corrected chi connectivity index (χ3v) is 5.95. The number of rotatable bonds is 7.